The molecular weight excluding hydrogens is 202 g/mol. The van der Waals surface area contributed by atoms with Gasteiger partial charge in [0.05, 0.1) is 12.1 Å². The number of anilines is 1. The molecule has 0 amide bonds. The standard InChI is InChI=1S/C12H19N3O/c1-16-11-4-2-3-10(11)14-12-13-7-8-15(12)9-5-6-9/h7-11H,2-6H2,1H3,(H,13,14). The molecule has 4 nitrogen and oxygen atoms in total. The van der Waals surface area contributed by atoms with Crippen molar-refractivity contribution < 1.29 is 4.74 Å². The maximum absolute atomic E-state index is 5.49. The quantitative estimate of drug-likeness (QED) is 0.847. The van der Waals surface area contributed by atoms with Gasteiger partial charge in [0.1, 0.15) is 0 Å². The van der Waals surface area contributed by atoms with Gasteiger partial charge in [0.2, 0.25) is 5.95 Å². The first-order valence-electron chi connectivity index (χ1n) is 6.20. The van der Waals surface area contributed by atoms with Gasteiger partial charge < -0.3 is 14.6 Å². The molecule has 1 heterocycles. The topological polar surface area (TPSA) is 39.1 Å². The van der Waals surface area contributed by atoms with Crippen LogP contribution in [0.25, 0.3) is 0 Å². The Hall–Kier alpha value is -1.03. The van der Waals surface area contributed by atoms with Gasteiger partial charge in [-0.05, 0) is 32.1 Å². The molecule has 0 radical (unpaired) electrons. The minimum absolute atomic E-state index is 0.351. The Kier molecular flexibility index (Phi) is 2.59. The van der Waals surface area contributed by atoms with E-state index >= 15 is 0 Å². The molecule has 0 spiro atoms. The molecule has 0 bridgehead atoms. The van der Waals surface area contributed by atoms with Gasteiger partial charge in [-0.3, -0.25) is 0 Å². The molecule has 1 N–H and O–H groups in total. The highest BCUT2D eigenvalue weighted by Gasteiger charge is 2.30. The summed E-state index contributed by atoms with van der Waals surface area (Å²) in [5.41, 5.74) is 0. The fourth-order valence-electron chi connectivity index (χ4n) is 2.61. The van der Waals surface area contributed by atoms with E-state index in [2.05, 4.69) is 21.1 Å². The lowest BCUT2D eigenvalue weighted by Gasteiger charge is -2.20. The highest BCUT2D eigenvalue weighted by atomic mass is 16.5. The Morgan fingerprint density at radius 2 is 2.25 bits per heavy atom. The summed E-state index contributed by atoms with van der Waals surface area (Å²) >= 11 is 0. The minimum Gasteiger partial charge on any atom is -0.379 e. The Labute approximate surface area is 96.0 Å². The van der Waals surface area contributed by atoms with Crippen molar-refractivity contribution in [1.29, 1.82) is 0 Å². The van der Waals surface area contributed by atoms with Gasteiger partial charge in [-0.25, -0.2) is 4.98 Å². The molecule has 2 unspecified atom stereocenters. The van der Waals surface area contributed by atoms with Crippen molar-refractivity contribution in [2.75, 3.05) is 12.4 Å². The molecule has 0 aliphatic heterocycles. The van der Waals surface area contributed by atoms with Crippen molar-refractivity contribution in [2.45, 2.75) is 50.3 Å². The number of imidazole rings is 1. The zero-order chi connectivity index (χ0) is 11.0. The summed E-state index contributed by atoms with van der Waals surface area (Å²) in [6.45, 7) is 0. The molecule has 88 valence electrons. The van der Waals surface area contributed by atoms with Crippen molar-refractivity contribution in [2.24, 2.45) is 0 Å². The van der Waals surface area contributed by atoms with Gasteiger partial charge in [-0.15, -0.1) is 0 Å². The zero-order valence-corrected chi connectivity index (χ0v) is 9.72. The first kappa shape index (κ1) is 10.1. The second-order valence-corrected chi connectivity index (χ2v) is 4.85. The van der Waals surface area contributed by atoms with E-state index in [1.54, 1.807) is 7.11 Å². The van der Waals surface area contributed by atoms with Crippen LogP contribution in [0.4, 0.5) is 5.95 Å². The van der Waals surface area contributed by atoms with Crippen molar-refractivity contribution in [3.8, 4) is 0 Å². The molecule has 2 aliphatic carbocycles. The number of methoxy groups -OCH3 is 1. The molecule has 4 heteroatoms. The van der Waals surface area contributed by atoms with E-state index in [4.69, 9.17) is 4.74 Å². The summed E-state index contributed by atoms with van der Waals surface area (Å²) in [6.07, 6.45) is 10.5. The summed E-state index contributed by atoms with van der Waals surface area (Å²) in [5, 5.41) is 3.54. The monoisotopic (exact) mass is 221 g/mol. The minimum atomic E-state index is 0.351. The van der Waals surface area contributed by atoms with E-state index in [0.717, 1.165) is 12.4 Å². The molecule has 16 heavy (non-hydrogen) atoms. The second kappa shape index (κ2) is 4.09. The summed E-state index contributed by atoms with van der Waals surface area (Å²) in [7, 11) is 1.80. The lowest BCUT2D eigenvalue weighted by Crippen LogP contribution is -2.30. The van der Waals surface area contributed by atoms with Crippen molar-refractivity contribution >= 4 is 5.95 Å². The summed E-state index contributed by atoms with van der Waals surface area (Å²) in [4.78, 5) is 4.41. The number of nitrogens with zero attached hydrogens (tertiary/aromatic N) is 2. The third kappa shape index (κ3) is 1.82. The number of rotatable bonds is 4. The van der Waals surface area contributed by atoms with E-state index in [9.17, 15) is 0 Å². The van der Waals surface area contributed by atoms with Crippen molar-refractivity contribution in [3.05, 3.63) is 12.4 Å². The summed E-state index contributed by atoms with van der Waals surface area (Å²) < 4.78 is 7.76. The van der Waals surface area contributed by atoms with Crippen LogP contribution in [-0.4, -0.2) is 28.8 Å². The Morgan fingerprint density at radius 3 is 3.00 bits per heavy atom. The second-order valence-electron chi connectivity index (χ2n) is 4.85. The van der Waals surface area contributed by atoms with E-state index in [0.29, 0.717) is 18.2 Å². The van der Waals surface area contributed by atoms with Crippen molar-refractivity contribution in [1.82, 2.24) is 9.55 Å². The average molecular weight is 221 g/mol. The van der Waals surface area contributed by atoms with Crippen LogP contribution in [0.5, 0.6) is 0 Å². The molecule has 2 saturated carbocycles. The fraction of sp³-hybridized carbons (Fsp3) is 0.750. The van der Waals surface area contributed by atoms with Gasteiger partial charge >= 0.3 is 0 Å². The Bertz CT molecular complexity index is 359. The van der Waals surface area contributed by atoms with Crippen LogP contribution < -0.4 is 5.32 Å². The third-order valence-corrected chi connectivity index (χ3v) is 3.68. The Morgan fingerprint density at radius 1 is 1.38 bits per heavy atom. The highest BCUT2D eigenvalue weighted by Crippen LogP contribution is 2.37. The first-order valence-corrected chi connectivity index (χ1v) is 6.20. The highest BCUT2D eigenvalue weighted by molar-refractivity contribution is 5.30. The maximum atomic E-state index is 5.49. The molecule has 2 atom stereocenters. The number of ether oxygens (including phenoxy) is 1. The van der Waals surface area contributed by atoms with E-state index in [-0.39, 0.29) is 0 Å². The van der Waals surface area contributed by atoms with Crippen LogP contribution in [0.3, 0.4) is 0 Å². The van der Waals surface area contributed by atoms with Gasteiger partial charge in [0, 0.05) is 25.5 Å². The number of hydrogen-bond acceptors (Lipinski definition) is 3. The zero-order valence-electron chi connectivity index (χ0n) is 9.72. The molecule has 0 aromatic carbocycles. The molecule has 1 aromatic heterocycles. The van der Waals surface area contributed by atoms with Crippen LogP contribution in [0.2, 0.25) is 0 Å². The molecule has 1 aromatic rings. The van der Waals surface area contributed by atoms with Crippen LogP contribution in [0.15, 0.2) is 12.4 Å². The van der Waals surface area contributed by atoms with E-state index < -0.39 is 0 Å². The number of nitrogens with one attached hydrogen (secondary N) is 1. The largest absolute Gasteiger partial charge is 0.379 e. The Balaban J connectivity index is 1.70. The van der Waals surface area contributed by atoms with Crippen LogP contribution >= 0.6 is 0 Å². The normalized spacial score (nSPS) is 29.6. The van der Waals surface area contributed by atoms with Gasteiger partial charge in [0.25, 0.3) is 0 Å². The first-order chi connectivity index (χ1) is 7.88. The molecular formula is C12H19N3O. The smallest absolute Gasteiger partial charge is 0.203 e. The SMILES string of the molecule is COC1CCCC1Nc1nccn1C1CC1. The van der Waals surface area contributed by atoms with Gasteiger partial charge in [0.15, 0.2) is 0 Å². The van der Waals surface area contributed by atoms with Crippen LogP contribution in [0, 0.1) is 0 Å². The predicted octanol–water partition coefficient (Wildman–Crippen LogP) is 2.20. The maximum Gasteiger partial charge on any atom is 0.203 e. The van der Waals surface area contributed by atoms with Crippen molar-refractivity contribution in [3.63, 3.8) is 0 Å². The molecule has 2 aliphatic rings. The molecule has 0 saturated heterocycles. The summed E-state index contributed by atoms with van der Waals surface area (Å²) in [6, 6.07) is 1.12. The van der Waals surface area contributed by atoms with E-state index in [1.807, 2.05) is 6.20 Å². The van der Waals surface area contributed by atoms with Crippen LogP contribution in [-0.2, 0) is 4.74 Å². The lowest BCUT2D eigenvalue weighted by molar-refractivity contribution is 0.101. The van der Waals surface area contributed by atoms with Gasteiger partial charge in [-0.2, -0.15) is 0 Å². The third-order valence-electron chi connectivity index (χ3n) is 3.68. The summed E-state index contributed by atoms with van der Waals surface area (Å²) in [5.74, 6) is 1.02. The number of hydrogen-bond donors (Lipinski definition) is 1. The fourth-order valence-corrected chi connectivity index (χ4v) is 2.61. The average Bonchev–Trinajstić information content (AvgIpc) is 2.88. The van der Waals surface area contributed by atoms with Gasteiger partial charge in [-0.1, -0.05) is 0 Å². The van der Waals surface area contributed by atoms with E-state index in [1.165, 1.54) is 25.7 Å². The molecule has 2 fully saturated rings. The number of aromatic nitrogens is 2. The lowest BCUT2D eigenvalue weighted by atomic mass is 10.2. The van der Waals surface area contributed by atoms with Crippen LogP contribution in [0.1, 0.15) is 38.1 Å². The molecule has 3 rings (SSSR count). The predicted molar refractivity (Wildman–Crippen MR) is 62.6 cm³/mol.